The number of amides is 1. The Morgan fingerprint density at radius 2 is 1.94 bits per heavy atom. The van der Waals surface area contributed by atoms with Gasteiger partial charge in [-0.1, -0.05) is 72.5 Å². The van der Waals surface area contributed by atoms with Crippen molar-refractivity contribution in [1.29, 1.82) is 0 Å². The maximum absolute atomic E-state index is 12.6. The monoisotopic (exact) mass is 473 g/mol. The zero-order valence-electron chi connectivity index (χ0n) is 19.5. The minimum Gasteiger partial charge on any atom is -0.441 e. The molecule has 0 aromatic heterocycles. The standard InChI is InChI=1S/C26H35NO3S2/c1-7-19-13-14-21-11-9-10-12-22(21)23(17-20(19)8-2)30-24(28)27-16-15-25(3,4)29-18-26(5,6)32-31/h7-14,23,31H,1-2,15-18H2,3-6H3,(H,27,28)/b14-13-,20-19-. The summed E-state index contributed by atoms with van der Waals surface area (Å²) in [5, 5.41) is 2.88. The molecular formula is C26H35NO3S2. The fraction of sp³-hybridized carbons (Fsp3) is 0.423. The number of carbonyl (C=O) groups excluding carboxylic acids is 1. The fourth-order valence-electron chi connectivity index (χ4n) is 3.28. The number of nitrogens with one attached hydrogen (secondary N) is 1. The van der Waals surface area contributed by atoms with Crippen LogP contribution >= 0.6 is 22.5 Å². The molecule has 1 aliphatic carbocycles. The van der Waals surface area contributed by atoms with Gasteiger partial charge >= 0.3 is 6.09 Å². The Hall–Kier alpha value is -1.89. The van der Waals surface area contributed by atoms with E-state index in [1.807, 2.05) is 50.3 Å². The van der Waals surface area contributed by atoms with Crippen LogP contribution in [0.15, 0.2) is 66.8 Å². The summed E-state index contributed by atoms with van der Waals surface area (Å²) in [6, 6.07) is 7.95. The number of hydrogen-bond acceptors (Lipinski definition) is 5. The summed E-state index contributed by atoms with van der Waals surface area (Å²) in [5.74, 6) is 0. The maximum Gasteiger partial charge on any atom is 0.407 e. The van der Waals surface area contributed by atoms with Gasteiger partial charge in [0.25, 0.3) is 0 Å². The third-order valence-electron chi connectivity index (χ3n) is 5.33. The SMILES string of the molecule is C=CC1=C(\C=C)CC(OC(=O)NCCC(C)(C)OCC(C)(C)SS)c2ccccc2/C=C\1. The first-order valence-electron chi connectivity index (χ1n) is 10.8. The Balaban J connectivity index is 2.02. The van der Waals surface area contributed by atoms with Crippen molar-refractivity contribution in [3.63, 3.8) is 0 Å². The van der Waals surface area contributed by atoms with Crippen LogP contribution in [0.25, 0.3) is 6.08 Å². The Kier molecular flexibility index (Phi) is 9.74. The summed E-state index contributed by atoms with van der Waals surface area (Å²) in [7, 11) is 1.48. The van der Waals surface area contributed by atoms with Gasteiger partial charge in [-0.3, -0.25) is 0 Å². The van der Waals surface area contributed by atoms with Gasteiger partial charge < -0.3 is 14.8 Å². The van der Waals surface area contributed by atoms with Gasteiger partial charge in [-0.2, -0.15) is 0 Å². The van der Waals surface area contributed by atoms with Crippen LogP contribution in [-0.4, -0.2) is 29.6 Å². The zero-order valence-corrected chi connectivity index (χ0v) is 21.2. The topological polar surface area (TPSA) is 47.6 Å². The number of hydrogen-bond donors (Lipinski definition) is 2. The van der Waals surface area contributed by atoms with Crippen molar-refractivity contribution in [2.45, 2.75) is 57.0 Å². The minimum absolute atomic E-state index is 0.0759. The minimum atomic E-state index is -0.444. The molecule has 1 atom stereocenters. The molecule has 0 spiro atoms. The lowest BCUT2D eigenvalue weighted by Gasteiger charge is -2.30. The number of rotatable bonds is 10. The van der Waals surface area contributed by atoms with E-state index in [4.69, 9.17) is 9.47 Å². The van der Waals surface area contributed by atoms with Crippen molar-refractivity contribution >= 4 is 34.6 Å². The van der Waals surface area contributed by atoms with Crippen molar-refractivity contribution in [2.75, 3.05) is 13.2 Å². The molecule has 0 fully saturated rings. The molecule has 0 radical (unpaired) electrons. The van der Waals surface area contributed by atoms with E-state index in [0.29, 0.717) is 26.0 Å². The number of ether oxygens (including phenoxy) is 2. The molecule has 0 aliphatic heterocycles. The van der Waals surface area contributed by atoms with Gasteiger partial charge in [-0.15, -0.1) is 11.7 Å². The highest BCUT2D eigenvalue weighted by Gasteiger charge is 2.26. The molecule has 6 heteroatoms. The van der Waals surface area contributed by atoms with Gasteiger partial charge in [0, 0.05) is 23.3 Å². The van der Waals surface area contributed by atoms with Crippen LogP contribution < -0.4 is 5.32 Å². The average Bonchev–Trinajstić information content (AvgIpc) is 2.75. The second kappa shape index (κ2) is 11.8. The van der Waals surface area contributed by atoms with E-state index in [0.717, 1.165) is 22.3 Å². The van der Waals surface area contributed by atoms with Crippen LogP contribution in [-0.2, 0) is 9.47 Å². The van der Waals surface area contributed by atoms with E-state index in [9.17, 15) is 4.79 Å². The smallest absolute Gasteiger partial charge is 0.407 e. The molecule has 32 heavy (non-hydrogen) atoms. The van der Waals surface area contributed by atoms with Gasteiger partial charge in [0.1, 0.15) is 6.10 Å². The van der Waals surface area contributed by atoms with E-state index in [1.165, 1.54) is 10.8 Å². The molecule has 4 nitrogen and oxygen atoms in total. The average molecular weight is 474 g/mol. The second-order valence-corrected chi connectivity index (χ2v) is 10.9. The molecule has 1 aromatic rings. The van der Waals surface area contributed by atoms with Crippen LogP contribution in [0.1, 0.15) is 57.8 Å². The van der Waals surface area contributed by atoms with E-state index in [-0.39, 0.29) is 10.3 Å². The van der Waals surface area contributed by atoms with E-state index in [1.54, 1.807) is 12.2 Å². The van der Waals surface area contributed by atoms with Crippen molar-refractivity contribution < 1.29 is 14.3 Å². The van der Waals surface area contributed by atoms with Gasteiger partial charge in [0.2, 0.25) is 0 Å². The molecule has 1 unspecified atom stereocenters. The predicted octanol–water partition coefficient (Wildman–Crippen LogP) is 7.08. The predicted molar refractivity (Wildman–Crippen MR) is 140 cm³/mol. The van der Waals surface area contributed by atoms with E-state index in [2.05, 4.69) is 44.0 Å². The first-order valence-corrected chi connectivity index (χ1v) is 12.6. The number of allylic oxidation sites excluding steroid dienone is 4. The summed E-state index contributed by atoms with van der Waals surface area (Å²) in [4.78, 5) is 12.6. The lowest BCUT2D eigenvalue weighted by molar-refractivity contribution is -0.0301. The van der Waals surface area contributed by atoms with Crippen LogP contribution in [0.2, 0.25) is 0 Å². The molecular weight excluding hydrogens is 438 g/mol. The summed E-state index contributed by atoms with van der Waals surface area (Å²) >= 11 is 4.29. The quantitative estimate of drug-likeness (QED) is 0.281. The molecule has 0 heterocycles. The third-order valence-corrected chi connectivity index (χ3v) is 7.43. The Bertz CT molecular complexity index is 887. The molecule has 2 rings (SSSR count). The lowest BCUT2D eigenvalue weighted by Crippen LogP contribution is -2.36. The summed E-state index contributed by atoms with van der Waals surface area (Å²) in [6.07, 6.45) is 7.98. The first-order chi connectivity index (χ1) is 15.1. The number of carbonyl (C=O) groups is 1. The Morgan fingerprint density at radius 1 is 1.22 bits per heavy atom. The molecule has 1 N–H and O–H groups in total. The zero-order chi connectivity index (χ0) is 23.8. The van der Waals surface area contributed by atoms with Crippen LogP contribution in [0.4, 0.5) is 4.79 Å². The summed E-state index contributed by atoms with van der Waals surface area (Å²) in [6.45, 7) is 17.1. The maximum atomic E-state index is 12.6. The van der Waals surface area contributed by atoms with Crippen LogP contribution in [0, 0.1) is 0 Å². The van der Waals surface area contributed by atoms with Crippen LogP contribution in [0.5, 0.6) is 0 Å². The van der Waals surface area contributed by atoms with E-state index >= 15 is 0 Å². The highest BCUT2D eigenvalue weighted by Crippen LogP contribution is 2.33. The van der Waals surface area contributed by atoms with Crippen molar-refractivity contribution in [3.8, 4) is 0 Å². The van der Waals surface area contributed by atoms with Crippen LogP contribution in [0.3, 0.4) is 0 Å². The van der Waals surface area contributed by atoms with Crippen molar-refractivity contribution in [3.05, 3.63) is 77.9 Å². The molecule has 0 saturated heterocycles. The molecule has 1 aliphatic rings. The Morgan fingerprint density at radius 3 is 2.59 bits per heavy atom. The molecule has 174 valence electrons. The van der Waals surface area contributed by atoms with E-state index < -0.39 is 12.2 Å². The second-order valence-electron chi connectivity index (χ2n) is 9.03. The van der Waals surface area contributed by atoms with Gasteiger partial charge in [0.05, 0.1) is 12.2 Å². The Labute approximate surface area is 202 Å². The lowest BCUT2D eigenvalue weighted by atomic mass is 9.91. The third kappa shape index (κ3) is 7.91. The molecule has 0 bridgehead atoms. The normalized spacial score (nSPS) is 19.8. The van der Waals surface area contributed by atoms with Gasteiger partial charge in [0.15, 0.2) is 0 Å². The fourth-order valence-corrected chi connectivity index (χ4v) is 3.55. The summed E-state index contributed by atoms with van der Waals surface area (Å²) in [5.41, 5.74) is 3.58. The first kappa shape index (κ1) is 26.4. The summed E-state index contributed by atoms with van der Waals surface area (Å²) < 4.78 is 11.8. The number of thiol groups is 1. The number of alkyl carbamates (subject to hydrolysis) is 1. The van der Waals surface area contributed by atoms with Crippen molar-refractivity contribution in [2.24, 2.45) is 0 Å². The molecule has 1 aromatic carbocycles. The number of benzene rings is 1. The van der Waals surface area contributed by atoms with Gasteiger partial charge in [-0.25, -0.2) is 4.79 Å². The number of fused-ring (bicyclic) bond motifs is 1. The molecule has 1 amide bonds. The largest absolute Gasteiger partial charge is 0.441 e. The highest BCUT2D eigenvalue weighted by atomic mass is 33.1. The molecule has 0 saturated carbocycles. The highest BCUT2D eigenvalue weighted by molar-refractivity contribution is 8.69. The van der Waals surface area contributed by atoms with Crippen molar-refractivity contribution in [1.82, 2.24) is 5.32 Å². The van der Waals surface area contributed by atoms with Gasteiger partial charge in [-0.05, 0) is 50.8 Å².